The lowest BCUT2D eigenvalue weighted by Gasteiger charge is -2.34. The third-order valence-electron chi connectivity index (χ3n) is 5.00. The Hall–Kier alpha value is -2.11. The van der Waals surface area contributed by atoms with Crippen LogP contribution in [0, 0.1) is 5.92 Å². The Morgan fingerprint density at radius 2 is 1.83 bits per heavy atom. The van der Waals surface area contributed by atoms with E-state index in [1.54, 1.807) is 7.05 Å². The lowest BCUT2D eigenvalue weighted by Crippen LogP contribution is -2.40. The molecule has 0 amide bonds. The summed E-state index contributed by atoms with van der Waals surface area (Å²) in [5, 5.41) is 0.573. The maximum Gasteiger partial charge on any atom is 0.332 e. The Morgan fingerprint density at radius 1 is 1.17 bits per heavy atom. The van der Waals surface area contributed by atoms with Crippen LogP contribution in [0.3, 0.4) is 0 Å². The topological polar surface area (TPSA) is 60.1 Å². The second-order valence-corrected chi connectivity index (χ2v) is 6.56. The van der Waals surface area contributed by atoms with Gasteiger partial charge in [0.2, 0.25) is 0 Å². The van der Waals surface area contributed by atoms with Gasteiger partial charge in [-0.25, -0.2) is 9.78 Å². The zero-order chi connectivity index (χ0) is 16.7. The number of aryl methyl sites for hydroxylation is 2. The second-order valence-electron chi connectivity index (χ2n) is 6.56. The van der Waals surface area contributed by atoms with Gasteiger partial charge in [-0.05, 0) is 30.7 Å². The fourth-order valence-electron chi connectivity index (χ4n) is 3.40. The van der Waals surface area contributed by atoms with Gasteiger partial charge in [0.05, 0.1) is 5.69 Å². The average Bonchev–Trinajstić information content (AvgIpc) is 2.57. The number of piperidine rings is 1. The van der Waals surface area contributed by atoms with E-state index in [0.29, 0.717) is 11.0 Å². The van der Waals surface area contributed by atoms with Crippen molar-refractivity contribution >= 4 is 16.7 Å². The number of hydrogen-bond donors (Lipinski definition) is 0. The lowest BCUT2D eigenvalue weighted by atomic mass is 9.97. The zero-order valence-electron chi connectivity index (χ0n) is 14.3. The first-order chi connectivity index (χ1) is 11.0. The third kappa shape index (κ3) is 2.46. The molecule has 6 heteroatoms. The summed E-state index contributed by atoms with van der Waals surface area (Å²) in [6.07, 6.45) is 4.88. The Labute approximate surface area is 135 Å². The molecule has 0 unspecified atom stereocenters. The SMILES string of the molecule is CCc1cnc2c(c1N1CCC(C)CC1)c(=O)n(C)c(=O)n2C. The van der Waals surface area contributed by atoms with Crippen LogP contribution in [0.5, 0.6) is 0 Å². The third-order valence-corrected chi connectivity index (χ3v) is 5.00. The molecule has 0 aliphatic carbocycles. The monoisotopic (exact) mass is 316 g/mol. The summed E-state index contributed by atoms with van der Waals surface area (Å²) >= 11 is 0. The summed E-state index contributed by atoms with van der Waals surface area (Å²) in [7, 11) is 3.20. The van der Waals surface area contributed by atoms with E-state index in [0.717, 1.165) is 49.5 Å². The van der Waals surface area contributed by atoms with Crippen LogP contribution in [0.15, 0.2) is 15.8 Å². The Morgan fingerprint density at radius 3 is 2.43 bits per heavy atom. The van der Waals surface area contributed by atoms with E-state index >= 15 is 0 Å². The van der Waals surface area contributed by atoms with Gasteiger partial charge in [-0.2, -0.15) is 0 Å². The molecule has 23 heavy (non-hydrogen) atoms. The smallest absolute Gasteiger partial charge is 0.332 e. The van der Waals surface area contributed by atoms with Crippen LogP contribution in [-0.4, -0.2) is 27.2 Å². The van der Waals surface area contributed by atoms with E-state index in [-0.39, 0.29) is 11.2 Å². The van der Waals surface area contributed by atoms with Gasteiger partial charge in [0, 0.05) is 33.4 Å². The van der Waals surface area contributed by atoms with Gasteiger partial charge in [-0.1, -0.05) is 13.8 Å². The molecule has 0 saturated carbocycles. The highest BCUT2D eigenvalue weighted by atomic mass is 16.2. The van der Waals surface area contributed by atoms with Crippen molar-refractivity contribution in [2.24, 2.45) is 20.0 Å². The molecular weight excluding hydrogens is 292 g/mol. The van der Waals surface area contributed by atoms with Gasteiger partial charge in [0.25, 0.3) is 5.56 Å². The molecule has 0 bridgehead atoms. The number of aromatic nitrogens is 3. The zero-order valence-corrected chi connectivity index (χ0v) is 14.3. The minimum Gasteiger partial charge on any atom is -0.370 e. The molecule has 124 valence electrons. The van der Waals surface area contributed by atoms with E-state index in [1.807, 2.05) is 6.20 Å². The average molecular weight is 316 g/mol. The number of pyridine rings is 1. The quantitative estimate of drug-likeness (QED) is 0.841. The summed E-state index contributed by atoms with van der Waals surface area (Å²) in [6.45, 7) is 6.23. The Bertz CT molecular complexity index is 857. The molecule has 3 rings (SSSR count). The highest BCUT2D eigenvalue weighted by molar-refractivity contribution is 5.90. The van der Waals surface area contributed by atoms with Crippen molar-refractivity contribution in [1.82, 2.24) is 14.1 Å². The van der Waals surface area contributed by atoms with Crippen LogP contribution in [-0.2, 0) is 20.5 Å². The molecule has 0 atom stereocenters. The van der Waals surface area contributed by atoms with Crippen molar-refractivity contribution in [3.05, 3.63) is 32.6 Å². The minimum absolute atomic E-state index is 0.250. The van der Waals surface area contributed by atoms with E-state index in [2.05, 4.69) is 23.7 Å². The molecule has 0 spiro atoms. The van der Waals surface area contributed by atoms with Crippen LogP contribution in [0.1, 0.15) is 32.3 Å². The maximum absolute atomic E-state index is 12.8. The molecule has 0 aromatic carbocycles. The summed E-state index contributed by atoms with van der Waals surface area (Å²) in [4.78, 5) is 31.6. The molecule has 1 fully saturated rings. The molecule has 3 heterocycles. The van der Waals surface area contributed by atoms with E-state index < -0.39 is 0 Å². The Balaban J connectivity index is 2.34. The van der Waals surface area contributed by atoms with Crippen LogP contribution >= 0.6 is 0 Å². The highest BCUT2D eigenvalue weighted by Gasteiger charge is 2.23. The normalized spacial score (nSPS) is 16.3. The predicted octanol–water partition coefficient (Wildman–Crippen LogP) is 1.43. The van der Waals surface area contributed by atoms with Crippen molar-refractivity contribution in [1.29, 1.82) is 0 Å². The summed E-state index contributed by atoms with van der Waals surface area (Å²) in [6, 6.07) is 0. The fourth-order valence-corrected chi connectivity index (χ4v) is 3.40. The van der Waals surface area contributed by atoms with Crippen molar-refractivity contribution < 1.29 is 0 Å². The van der Waals surface area contributed by atoms with Gasteiger partial charge < -0.3 is 4.90 Å². The standard InChI is InChI=1S/C17H24N4O2/c1-5-12-10-18-15-13(16(22)20(4)17(23)19(15)3)14(12)21-8-6-11(2)7-9-21/h10-11H,5-9H2,1-4H3. The summed E-state index contributed by atoms with van der Waals surface area (Å²) in [5.74, 6) is 0.719. The molecule has 0 N–H and O–H groups in total. The fraction of sp³-hybridized carbons (Fsp3) is 0.588. The second kappa shape index (κ2) is 5.83. The molecule has 1 aliphatic heterocycles. The van der Waals surface area contributed by atoms with Crippen LogP contribution in [0.4, 0.5) is 5.69 Å². The van der Waals surface area contributed by atoms with Crippen LogP contribution in [0.2, 0.25) is 0 Å². The molecule has 6 nitrogen and oxygen atoms in total. The summed E-state index contributed by atoms with van der Waals surface area (Å²) < 4.78 is 2.64. The first kappa shape index (κ1) is 15.8. The van der Waals surface area contributed by atoms with E-state index in [9.17, 15) is 9.59 Å². The molecule has 0 radical (unpaired) electrons. The number of hydrogen-bond acceptors (Lipinski definition) is 4. The Kier molecular flexibility index (Phi) is 4.00. The minimum atomic E-state index is -0.336. The first-order valence-electron chi connectivity index (χ1n) is 8.28. The number of rotatable bonds is 2. The van der Waals surface area contributed by atoms with Gasteiger partial charge in [0.1, 0.15) is 5.39 Å². The van der Waals surface area contributed by atoms with Crippen LogP contribution in [0.25, 0.3) is 11.0 Å². The van der Waals surface area contributed by atoms with Gasteiger partial charge in [0.15, 0.2) is 5.65 Å². The lowest BCUT2D eigenvalue weighted by molar-refractivity contribution is 0.438. The molecule has 2 aromatic rings. The molecule has 1 saturated heterocycles. The van der Waals surface area contributed by atoms with Gasteiger partial charge in [-0.15, -0.1) is 0 Å². The number of anilines is 1. The van der Waals surface area contributed by atoms with Crippen molar-refractivity contribution in [3.63, 3.8) is 0 Å². The number of nitrogens with zero attached hydrogens (tertiary/aromatic N) is 4. The predicted molar refractivity (Wildman–Crippen MR) is 92.2 cm³/mol. The largest absolute Gasteiger partial charge is 0.370 e. The van der Waals surface area contributed by atoms with Crippen molar-refractivity contribution in [3.8, 4) is 0 Å². The van der Waals surface area contributed by atoms with Gasteiger partial charge in [-0.3, -0.25) is 13.9 Å². The molecular formula is C17H24N4O2. The molecule has 1 aliphatic rings. The van der Waals surface area contributed by atoms with E-state index in [1.165, 1.54) is 16.2 Å². The van der Waals surface area contributed by atoms with Gasteiger partial charge >= 0.3 is 5.69 Å². The summed E-state index contributed by atoms with van der Waals surface area (Å²) in [5.41, 5.74) is 1.93. The number of fused-ring (bicyclic) bond motifs is 1. The molecule has 2 aromatic heterocycles. The van der Waals surface area contributed by atoms with Crippen LogP contribution < -0.4 is 16.1 Å². The van der Waals surface area contributed by atoms with Crippen molar-refractivity contribution in [2.75, 3.05) is 18.0 Å². The van der Waals surface area contributed by atoms with Crippen molar-refractivity contribution in [2.45, 2.75) is 33.1 Å². The first-order valence-corrected chi connectivity index (χ1v) is 8.28. The maximum atomic E-state index is 12.8. The van der Waals surface area contributed by atoms with E-state index in [4.69, 9.17) is 0 Å². The highest BCUT2D eigenvalue weighted by Crippen LogP contribution is 2.30.